The third kappa shape index (κ3) is 3.09. The number of halogens is 1. The van der Waals surface area contributed by atoms with Crippen LogP contribution < -0.4 is 0 Å². The van der Waals surface area contributed by atoms with Gasteiger partial charge in [-0.05, 0) is 56.5 Å². The van der Waals surface area contributed by atoms with Crippen molar-refractivity contribution in [2.75, 3.05) is 26.7 Å². The van der Waals surface area contributed by atoms with Gasteiger partial charge in [0.1, 0.15) is 0 Å². The Balaban J connectivity index is 1.68. The Bertz CT molecular complexity index is 502. The zero-order valence-electron chi connectivity index (χ0n) is 12.6. The average Bonchev–Trinajstić information content (AvgIpc) is 2.54. The minimum atomic E-state index is 0.169. The molecule has 2 heterocycles. The topological polar surface area (TPSA) is 23.6 Å². The molecule has 0 bridgehead atoms. The maximum atomic E-state index is 12.6. The summed E-state index contributed by atoms with van der Waals surface area (Å²) in [6.45, 7) is 2.99. The first-order chi connectivity index (χ1) is 10.2. The molecule has 0 spiro atoms. The Kier molecular flexibility index (Phi) is 4.51. The monoisotopic (exact) mass is 306 g/mol. The van der Waals surface area contributed by atoms with Crippen LogP contribution >= 0.6 is 11.6 Å². The Morgan fingerprint density at radius 3 is 2.71 bits per heavy atom. The van der Waals surface area contributed by atoms with E-state index in [9.17, 15) is 4.79 Å². The molecule has 3 nitrogen and oxygen atoms in total. The number of rotatable bonds is 2. The van der Waals surface area contributed by atoms with E-state index in [2.05, 4.69) is 11.9 Å². The van der Waals surface area contributed by atoms with Crippen molar-refractivity contribution in [3.8, 4) is 0 Å². The van der Waals surface area contributed by atoms with Gasteiger partial charge in [-0.3, -0.25) is 4.79 Å². The summed E-state index contributed by atoms with van der Waals surface area (Å²) in [4.78, 5) is 17.1. The molecule has 1 aromatic rings. The molecule has 21 heavy (non-hydrogen) atoms. The molecule has 0 aliphatic carbocycles. The van der Waals surface area contributed by atoms with Crippen LogP contribution in [0.4, 0.5) is 0 Å². The van der Waals surface area contributed by atoms with Crippen molar-refractivity contribution in [1.82, 2.24) is 9.80 Å². The van der Waals surface area contributed by atoms with E-state index < -0.39 is 0 Å². The van der Waals surface area contributed by atoms with Crippen LogP contribution in [-0.4, -0.2) is 48.4 Å². The largest absolute Gasteiger partial charge is 0.338 e. The maximum absolute atomic E-state index is 12.6. The number of fused-ring (bicyclic) bond motifs is 1. The van der Waals surface area contributed by atoms with E-state index in [1.54, 1.807) is 0 Å². The van der Waals surface area contributed by atoms with Gasteiger partial charge < -0.3 is 9.80 Å². The minimum Gasteiger partial charge on any atom is -0.338 e. The number of amides is 1. The molecule has 0 N–H and O–H groups in total. The number of likely N-dealkylation sites (tertiary alicyclic amines) is 2. The second kappa shape index (κ2) is 6.37. The Morgan fingerprint density at radius 2 is 2.00 bits per heavy atom. The third-order valence-corrected chi connectivity index (χ3v) is 5.30. The molecule has 2 fully saturated rings. The summed E-state index contributed by atoms with van der Waals surface area (Å²) in [6, 6.07) is 8.36. The van der Waals surface area contributed by atoms with Crippen molar-refractivity contribution < 1.29 is 4.79 Å². The molecule has 2 aliphatic rings. The van der Waals surface area contributed by atoms with E-state index in [1.807, 2.05) is 29.2 Å². The summed E-state index contributed by atoms with van der Waals surface area (Å²) >= 11 is 5.80. The molecule has 0 radical (unpaired) electrons. The van der Waals surface area contributed by atoms with Crippen LogP contribution in [0.25, 0.3) is 0 Å². The van der Waals surface area contributed by atoms with Crippen LogP contribution in [0.3, 0.4) is 0 Å². The lowest BCUT2D eigenvalue weighted by Crippen LogP contribution is -2.53. The molecule has 2 unspecified atom stereocenters. The lowest BCUT2D eigenvalue weighted by atomic mass is 9.84. The Morgan fingerprint density at radius 1 is 1.24 bits per heavy atom. The highest BCUT2D eigenvalue weighted by molar-refractivity contribution is 6.17. The molecule has 4 heteroatoms. The van der Waals surface area contributed by atoms with Crippen molar-refractivity contribution in [1.29, 1.82) is 0 Å². The van der Waals surface area contributed by atoms with E-state index in [0.717, 1.165) is 30.6 Å². The first-order valence-electron chi connectivity index (χ1n) is 7.83. The molecule has 0 saturated carbocycles. The standard InChI is InChI=1S/C17H23ClN2O/c1-19-9-2-3-15-12-20(10-8-16(15)19)17(21)14-6-4-13(11-18)5-7-14/h4-7,15-16H,2-3,8-12H2,1H3. The van der Waals surface area contributed by atoms with E-state index in [4.69, 9.17) is 11.6 Å². The molecular weight excluding hydrogens is 284 g/mol. The fourth-order valence-electron chi connectivity index (χ4n) is 3.76. The Labute approximate surface area is 131 Å². The number of nitrogens with zero attached hydrogens (tertiary/aromatic N) is 2. The number of piperidine rings is 2. The molecular formula is C17H23ClN2O. The number of alkyl halides is 1. The van der Waals surface area contributed by atoms with Gasteiger partial charge in [-0.15, -0.1) is 11.6 Å². The molecule has 114 valence electrons. The lowest BCUT2D eigenvalue weighted by molar-refractivity contribution is 0.0317. The van der Waals surface area contributed by atoms with Gasteiger partial charge in [-0.25, -0.2) is 0 Å². The average molecular weight is 307 g/mol. The van der Waals surface area contributed by atoms with Crippen LogP contribution in [-0.2, 0) is 5.88 Å². The van der Waals surface area contributed by atoms with E-state index in [1.165, 1.54) is 19.4 Å². The van der Waals surface area contributed by atoms with Crippen molar-refractivity contribution in [2.24, 2.45) is 5.92 Å². The fourth-order valence-corrected chi connectivity index (χ4v) is 3.93. The summed E-state index contributed by atoms with van der Waals surface area (Å²) < 4.78 is 0. The zero-order valence-corrected chi connectivity index (χ0v) is 13.4. The summed E-state index contributed by atoms with van der Waals surface area (Å²) in [5.74, 6) is 1.31. The Hall–Kier alpha value is -1.06. The quantitative estimate of drug-likeness (QED) is 0.784. The molecule has 1 amide bonds. The second-order valence-corrected chi connectivity index (χ2v) is 6.59. The van der Waals surface area contributed by atoms with Gasteiger partial charge in [0, 0.05) is 30.6 Å². The van der Waals surface area contributed by atoms with E-state index >= 15 is 0 Å². The van der Waals surface area contributed by atoms with Gasteiger partial charge in [0.05, 0.1) is 0 Å². The highest BCUT2D eigenvalue weighted by Gasteiger charge is 2.35. The van der Waals surface area contributed by atoms with Crippen LogP contribution in [0.1, 0.15) is 35.2 Å². The van der Waals surface area contributed by atoms with E-state index in [-0.39, 0.29) is 5.91 Å². The van der Waals surface area contributed by atoms with Crippen molar-refractivity contribution >= 4 is 17.5 Å². The first-order valence-corrected chi connectivity index (χ1v) is 8.37. The third-order valence-electron chi connectivity index (χ3n) is 4.99. The number of hydrogen-bond donors (Lipinski definition) is 0. The first kappa shape index (κ1) is 14.9. The SMILES string of the molecule is CN1CCCC2CN(C(=O)c3ccc(CCl)cc3)CCC21. The molecule has 1 aromatic carbocycles. The van der Waals surface area contributed by atoms with Gasteiger partial charge in [0.15, 0.2) is 0 Å². The molecule has 2 saturated heterocycles. The summed E-state index contributed by atoms with van der Waals surface area (Å²) in [5, 5.41) is 0. The highest BCUT2D eigenvalue weighted by atomic mass is 35.5. The normalized spacial score (nSPS) is 26.5. The fraction of sp³-hybridized carbons (Fsp3) is 0.588. The predicted octanol–water partition coefficient (Wildman–Crippen LogP) is 2.98. The number of benzene rings is 1. The summed E-state index contributed by atoms with van der Waals surface area (Å²) in [6.07, 6.45) is 3.61. The highest BCUT2D eigenvalue weighted by Crippen LogP contribution is 2.30. The van der Waals surface area contributed by atoms with Crippen molar-refractivity contribution in [2.45, 2.75) is 31.2 Å². The molecule has 2 atom stereocenters. The summed E-state index contributed by atoms with van der Waals surface area (Å²) in [5.41, 5.74) is 1.84. The summed E-state index contributed by atoms with van der Waals surface area (Å²) in [7, 11) is 2.22. The lowest BCUT2D eigenvalue weighted by Gasteiger charge is -2.46. The number of carbonyl (C=O) groups excluding carboxylic acids is 1. The smallest absolute Gasteiger partial charge is 0.253 e. The van der Waals surface area contributed by atoms with Gasteiger partial charge in [0.2, 0.25) is 0 Å². The van der Waals surface area contributed by atoms with Gasteiger partial charge in [-0.1, -0.05) is 12.1 Å². The van der Waals surface area contributed by atoms with Gasteiger partial charge in [0.25, 0.3) is 5.91 Å². The number of carbonyl (C=O) groups is 1. The molecule has 3 rings (SSSR count). The van der Waals surface area contributed by atoms with Crippen molar-refractivity contribution in [3.05, 3.63) is 35.4 Å². The van der Waals surface area contributed by atoms with E-state index in [0.29, 0.717) is 17.8 Å². The molecule has 2 aliphatic heterocycles. The van der Waals surface area contributed by atoms with Crippen LogP contribution in [0.5, 0.6) is 0 Å². The maximum Gasteiger partial charge on any atom is 0.253 e. The van der Waals surface area contributed by atoms with Gasteiger partial charge in [-0.2, -0.15) is 0 Å². The second-order valence-electron chi connectivity index (χ2n) is 6.32. The zero-order chi connectivity index (χ0) is 14.8. The predicted molar refractivity (Wildman–Crippen MR) is 85.7 cm³/mol. The number of hydrogen-bond acceptors (Lipinski definition) is 2. The van der Waals surface area contributed by atoms with Crippen LogP contribution in [0.2, 0.25) is 0 Å². The minimum absolute atomic E-state index is 0.169. The van der Waals surface area contributed by atoms with Crippen LogP contribution in [0, 0.1) is 5.92 Å². The van der Waals surface area contributed by atoms with Crippen molar-refractivity contribution in [3.63, 3.8) is 0 Å². The van der Waals surface area contributed by atoms with Gasteiger partial charge >= 0.3 is 0 Å². The van der Waals surface area contributed by atoms with Crippen LogP contribution in [0.15, 0.2) is 24.3 Å². The molecule has 0 aromatic heterocycles.